The number of nitrogens with zero attached hydrogens (tertiary/aromatic N) is 1. The van der Waals surface area contributed by atoms with Gasteiger partial charge < -0.3 is 4.90 Å². The number of halogens is 1. The monoisotopic (exact) mass is 372 g/mol. The van der Waals surface area contributed by atoms with Gasteiger partial charge >= 0.3 is 0 Å². The number of benzene rings is 1. The molecule has 1 unspecified atom stereocenters. The molecule has 0 aliphatic rings. The van der Waals surface area contributed by atoms with Gasteiger partial charge in [-0.05, 0) is 31.2 Å². The van der Waals surface area contributed by atoms with Crippen LogP contribution in [0.2, 0.25) is 4.34 Å². The second-order valence-electron chi connectivity index (χ2n) is 5.06. The molecule has 1 aromatic heterocycles. The van der Waals surface area contributed by atoms with Crippen molar-refractivity contribution in [3.63, 3.8) is 0 Å². The molecule has 0 saturated heterocycles. The molecule has 8 heteroatoms. The number of rotatable bonds is 6. The summed E-state index contributed by atoms with van der Waals surface area (Å²) >= 11 is 7.25. The molecule has 1 aromatic carbocycles. The topological polar surface area (TPSA) is 66.5 Å². The first-order valence-corrected chi connectivity index (χ1v) is 9.54. The van der Waals surface area contributed by atoms with Gasteiger partial charge in [0, 0.05) is 11.9 Å². The Morgan fingerprint density at radius 3 is 2.48 bits per heavy atom. The van der Waals surface area contributed by atoms with Crippen LogP contribution in [0.3, 0.4) is 0 Å². The lowest BCUT2D eigenvalue weighted by atomic mass is 10.3. The number of amides is 1. The molecule has 124 valence electrons. The van der Waals surface area contributed by atoms with Crippen molar-refractivity contribution in [3.05, 3.63) is 51.7 Å². The fourth-order valence-electron chi connectivity index (χ4n) is 2.03. The van der Waals surface area contributed by atoms with Crippen LogP contribution in [0.25, 0.3) is 0 Å². The van der Waals surface area contributed by atoms with E-state index in [1.165, 1.54) is 35.3 Å². The fourth-order valence-corrected chi connectivity index (χ4v) is 4.39. The third-order valence-electron chi connectivity index (χ3n) is 3.15. The number of likely N-dealkylation sites (N-methyl/N-ethyl adjacent to an activating group) is 1. The van der Waals surface area contributed by atoms with E-state index in [1.807, 2.05) is 6.07 Å². The molecular formula is C15H17ClN2O3S2. The summed E-state index contributed by atoms with van der Waals surface area (Å²) in [7, 11) is -2.09. The SMILES string of the molecule is CC(NS(=O)(=O)c1ccccc1)C(=O)N(C)Cc1ccc(Cl)s1. The first-order chi connectivity index (χ1) is 10.8. The minimum absolute atomic E-state index is 0.132. The molecule has 1 heterocycles. The summed E-state index contributed by atoms with van der Waals surface area (Å²) in [5.41, 5.74) is 0. The van der Waals surface area contributed by atoms with Gasteiger partial charge in [-0.1, -0.05) is 29.8 Å². The molecule has 0 spiro atoms. The Labute approximate surface area is 144 Å². The molecule has 1 amide bonds. The second kappa shape index (κ2) is 7.44. The van der Waals surface area contributed by atoms with Gasteiger partial charge in [0.2, 0.25) is 15.9 Å². The van der Waals surface area contributed by atoms with Crippen LogP contribution in [-0.4, -0.2) is 32.3 Å². The quantitative estimate of drug-likeness (QED) is 0.847. The number of carbonyl (C=O) groups is 1. The van der Waals surface area contributed by atoms with Gasteiger partial charge in [0.05, 0.1) is 21.8 Å². The summed E-state index contributed by atoms with van der Waals surface area (Å²) in [5.74, 6) is -0.311. The predicted molar refractivity (Wildman–Crippen MR) is 92.0 cm³/mol. The van der Waals surface area contributed by atoms with E-state index in [2.05, 4.69) is 4.72 Å². The van der Waals surface area contributed by atoms with Gasteiger partial charge in [-0.2, -0.15) is 4.72 Å². The van der Waals surface area contributed by atoms with E-state index in [1.54, 1.807) is 31.3 Å². The number of sulfonamides is 1. The third-order valence-corrected chi connectivity index (χ3v) is 5.93. The standard InChI is InChI=1S/C15H17ClN2O3S2/c1-11(17-23(20,21)13-6-4-3-5-7-13)15(19)18(2)10-12-8-9-14(16)22-12/h3-9,11,17H,10H2,1-2H3. The molecular weight excluding hydrogens is 356 g/mol. The van der Waals surface area contributed by atoms with Crippen LogP contribution < -0.4 is 4.72 Å². The summed E-state index contributed by atoms with van der Waals surface area (Å²) in [6.45, 7) is 1.91. The van der Waals surface area contributed by atoms with Crippen molar-refractivity contribution in [2.45, 2.75) is 24.4 Å². The van der Waals surface area contributed by atoms with Gasteiger partial charge in [-0.15, -0.1) is 11.3 Å². The van der Waals surface area contributed by atoms with E-state index in [4.69, 9.17) is 11.6 Å². The summed E-state index contributed by atoms with van der Waals surface area (Å²) in [5, 5.41) is 0. The Morgan fingerprint density at radius 2 is 1.91 bits per heavy atom. The Kier molecular flexibility index (Phi) is 5.80. The van der Waals surface area contributed by atoms with Crippen molar-refractivity contribution in [3.8, 4) is 0 Å². The average molecular weight is 373 g/mol. The largest absolute Gasteiger partial charge is 0.339 e. The highest BCUT2D eigenvalue weighted by Crippen LogP contribution is 2.22. The molecule has 2 rings (SSSR count). The van der Waals surface area contributed by atoms with Gasteiger partial charge in [-0.3, -0.25) is 4.79 Å². The van der Waals surface area contributed by atoms with E-state index >= 15 is 0 Å². The number of nitrogens with one attached hydrogen (secondary N) is 1. The Morgan fingerprint density at radius 1 is 1.26 bits per heavy atom. The highest BCUT2D eigenvalue weighted by atomic mass is 35.5. The summed E-state index contributed by atoms with van der Waals surface area (Å²) in [6, 6.07) is 10.7. The Hall–Kier alpha value is -1.41. The molecule has 0 aliphatic heterocycles. The molecule has 0 saturated carbocycles. The number of hydrogen-bond acceptors (Lipinski definition) is 4. The number of thiophene rings is 1. The highest BCUT2D eigenvalue weighted by molar-refractivity contribution is 7.89. The molecule has 1 N–H and O–H groups in total. The molecule has 0 bridgehead atoms. The minimum atomic E-state index is -3.72. The van der Waals surface area contributed by atoms with Gasteiger partial charge in [0.25, 0.3) is 0 Å². The normalized spacial score (nSPS) is 12.8. The maximum absolute atomic E-state index is 12.3. The molecule has 23 heavy (non-hydrogen) atoms. The summed E-state index contributed by atoms with van der Waals surface area (Å²) in [4.78, 5) is 14.9. The van der Waals surface area contributed by atoms with Crippen molar-refractivity contribution >= 4 is 38.9 Å². The fraction of sp³-hybridized carbons (Fsp3) is 0.267. The molecule has 1 atom stereocenters. The summed E-state index contributed by atoms with van der Waals surface area (Å²) in [6.07, 6.45) is 0. The smallest absolute Gasteiger partial charge is 0.241 e. The van der Waals surface area contributed by atoms with Crippen molar-refractivity contribution < 1.29 is 13.2 Å². The van der Waals surface area contributed by atoms with Crippen LogP contribution in [0, 0.1) is 0 Å². The summed E-state index contributed by atoms with van der Waals surface area (Å²) < 4.78 is 27.5. The first-order valence-electron chi connectivity index (χ1n) is 6.86. The van der Waals surface area contributed by atoms with Crippen LogP contribution in [0.1, 0.15) is 11.8 Å². The van der Waals surface area contributed by atoms with Crippen molar-refractivity contribution in [2.24, 2.45) is 0 Å². The molecule has 0 aliphatic carbocycles. The maximum atomic E-state index is 12.3. The van der Waals surface area contributed by atoms with Crippen LogP contribution in [-0.2, 0) is 21.4 Å². The Bertz CT molecular complexity index is 775. The Balaban J connectivity index is 2.02. The predicted octanol–water partition coefficient (Wildman–Crippen LogP) is 2.73. The third kappa shape index (κ3) is 4.78. The van der Waals surface area contributed by atoms with Crippen LogP contribution in [0.4, 0.5) is 0 Å². The van der Waals surface area contributed by atoms with Crippen molar-refractivity contribution in [1.82, 2.24) is 9.62 Å². The minimum Gasteiger partial charge on any atom is -0.339 e. The molecule has 0 radical (unpaired) electrons. The van der Waals surface area contributed by atoms with Gasteiger partial charge in [0.1, 0.15) is 0 Å². The van der Waals surface area contributed by atoms with Crippen LogP contribution >= 0.6 is 22.9 Å². The number of hydrogen-bond donors (Lipinski definition) is 1. The lowest BCUT2D eigenvalue weighted by Crippen LogP contribution is -2.45. The lowest BCUT2D eigenvalue weighted by Gasteiger charge is -2.21. The second-order valence-corrected chi connectivity index (χ2v) is 8.57. The van der Waals surface area contributed by atoms with Crippen molar-refractivity contribution in [1.29, 1.82) is 0 Å². The van der Waals surface area contributed by atoms with E-state index < -0.39 is 16.1 Å². The van der Waals surface area contributed by atoms with Crippen LogP contribution in [0.5, 0.6) is 0 Å². The van der Waals surface area contributed by atoms with E-state index in [-0.39, 0.29) is 10.8 Å². The zero-order valence-electron chi connectivity index (χ0n) is 12.7. The highest BCUT2D eigenvalue weighted by Gasteiger charge is 2.24. The van der Waals surface area contributed by atoms with E-state index in [0.29, 0.717) is 10.9 Å². The zero-order valence-corrected chi connectivity index (χ0v) is 15.1. The first kappa shape index (κ1) is 17.9. The molecule has 2 aromatic rings. The molecule has 0 fully saturated rings. The van der Waals surface area contributed by atoms with Gasteiger partial charge in [-0.25, -0.2) is 8.42 Å². The number of carbonyl (C=O) groups excluding carboxylic acids is 1. The average Bonchev–Trinajstić information content (AvgIpc) is 2.92. The van der Waals surface area contributed by atoms with Crippen molar-refractivity contribution in [2.75, 3.05) is 7.05 Å². The maximum Gasteiger partial charge on any atom is 0.241 e. The molecule has 5 nitrogen and oxygen atoms in total. The van der Waals surface area contributed by atoms with Gasteiger partial charge in [0.15, 0.2) is 0 Å². The van der Waals surface area contributed by atoms with E-state index in [0.717, 1.165) is 4.88 Å². The zero-order chi connectivity index (χ0) is 17.0. The van der Waals surface area contributed by atoms with E-state index in [9.17, 15) is 13.2 Å². The lowest BCUT2D eigenvalue weighted by molar-refractivity contribution is -0.131. The van der Waals surface area contributed by atoms with Crippen LogP contribution in [0.15, 0.2) is 47.4 Å².